The number of benzene rings is 2. The molecule has 22 heavy (non-hydrogen) atoms. The van der Waals surface area contributed by atoms with Crippen LogP contribution >= 0.6 is 0 Å². The molecule has 2 rings (SSSR count). The van der Waals surface area contributed by atoms with E-state index < -0.39 is 11.9 Å². The number of carbonyl (C=O) groups is 2. The van der Waals surface area contributed by atoms with E-state index in [-0.39, 0.29) is 12.4 Å². The lowest BCUT2D eigenvalue weighted by molar-refractivity contribution is 0.0524. The number of nitrogen functional groups attached to an aromatic ring is 1. The topological polar surface area (TPSA) is 78.6 Å². The molecular formula is C17H17NO4. The summed E-state index contributed by atoms with van der Waals surface area (Å²) in [5, 5.41) is 0. The summed E-state index contributed by atoms with van der Waals surface area (Å²) in [4.78, 5) is 23.7. The molecule has 0 radical (unpaired) electrons. The quantitative estimate of drug-likeness (QED) is 0.533. The second-order valence-electron chi connectivity index (χ2n) is 4.71. The first-order chi connectivity index (χ1) is 10.5. The Labute approximate surface area is 128 Å². The molecule has 0 aliphatic carbocycles. The fourth-order valence-electron chi connectivity index (χ4n) is 1.83. The summed E-state index contributed by atoms with van der Waals surface area (Å²) in [6, 6.07) is 11.2. The van der Waals surface area contributed by atoms with Crippen LogP contribution in [0.3, 0.4) is 0 Å². The van der Waals surface area contributed by atoms with E-state index in [4.69, 9.17) is 15.2 Å². The Bertz CT molecular complexity index is 710. The second kappa shape index (κ2) is 6.76. The number of carbonyl (C=O) groups excluding carboxylic acids is 2. The normalized spacial score (nSPS) is 10.1. The Morgan fingerprint density at radius 2 is 1.77 bits per heavy atom. The Kier molecular flexibility index (Phi) is 4.78. The van der Waals surface area contributed by atoms with Crippen molar-refractivity contribution in [3.8, 4) is 5.75 Å². The number of hydrogen-bond acceptors (Lipinski definition) is 5. The van der Waals surface area contributed by atoms with E-state index >= 15 is 0 Å². The summed E-state index contributed by atoms with van der Waals surface area (Å²) in [6.07, 6.45) is 0. The molecule has 5 nitrogen and oxygen atoms in total. The molecule has 0 fully saturated rings. The SMILES string of the molecule is CCOC(=O)c1cccc(OC(=O)c2ccc(C)c(N)c2)c1. The highest BCUT2D eigenvalue weighted by atomic mass is 16.5. The van der Waals surface area contributed by atoms with E-state index in [1.807, 2.05) is 6.92 Å². The molecule has 2 aromatic rings. The third kappa shape index (κ3) is 3.63. The average Bonchev–Trinajstić information content (AvgIpc) is 2.50. The van der Waals surface area contributed by atoms with Crippen LogP contribution in [0.25, 0.3) is 0 Å². The van der Waals surface area contributed by atoms with Gasteiger partial charge in [-0.15, -0.1) is 0 Å². The van der Waals surface area contributed by atoms with Crippen LogP contribution in [0.5, 0.6) is 5.75 Å². The minimum Gasteiger partial charge on any atom is -0.462 e. The summed E-state index contributed by atoms with van der Waals surface area (Å²) in [5.41, 5.74) is 7.87. The molecule has 0 amide bonds. The van der Waals surface area contributed by atoms with Crippen LogP contribution in [-0.2, 0) is 4.74 Å². The predicted molar refractivity (Wildman–Crippen MR) is 82.9 cm³/mol. The van der Waals surface area contributed by atoms with Gasteiger partial charge in [-0.25, -0.2) is 9.59 Å². The van der Waals surface area contributed by atoms with Crippen LogP contribution < -0.4 is 10.5 Å². The minimum atomic E-state index is -0.535. The highest BCUT2D eigenvalue weighted by Crippen LogP contribution is 2.18. The Balaban J connectivity index is 2.16. The third-order valence-corrected chi connectivity index (χ3v) is 3.07. The van der Waals surface area contributed by atoms with Crippen LogP contribution in [0.15, 0.2) is 42.5 Å². The van der Waals surface area contributed by atoms with Crippen LogP contribution in [-0.4, -0.2) is 18.5 Å². The lowest BCUT2D eigenvalue weighted by Gasteiger charge is -2.07. The van der Waals surface area contributed by atoms with Crippen molar-refractivity contribution < 1.29 is 19.1 Å². The maximum Gasteiger partial charge on any atom is 0.343 e. The van der Waals surface area contributed by atoms with Gasteiger partial charge in [-0.1, -0.05) is 12.1 Å². The lowest BCUT2D eigenvalue weighted by Crippen LogP contribution is -2.10. The Hall–Kier alpha value is -2.82. The molecule has 0 saturated heterocycles. The van der Waals surface area contributed by atoms with Gasteiger partial charge in [0.05, 0.1) is 17.7 Å². The fraction of sp³-hybridized carbons (Fsp3) is 0.176. The zero-order valence-corrected chi connectivity index (χ0v) is 12.5. The van der Waals surface area contributed by atoms with E-state index in [1.165, 1.54) is 6.07 Å². The summed E-state index contributed by atoms with van der Waals surface area (Å²) in [5.74, 6) is -0.720. The van der Waals surface area contributed by atoms with Gasteiger partial charge < -0.3 is 15.2 Å². The molecule has 0 atom stereocenters. The van der Waals surface area contributed by atoms with Gasteiger partial charge in [-0.2, -0.15) is 0 Å². The van der Waals surface area contributed by atoms with E-state index in [1.54, 1.807) is 43.3 Å². The molecule has 2 aromatic carbocycles. The maximum atomic E-state index is 12.1. The minimum absolute atomic E-state index is 0.273. The largest absolute Gasteiger partial charge is 0.462 e. The molecule has 0 bridgehead atoms. The number of anilines is 1. The third-order valence-electron chi connectivity index (χ3n) is 3.07. The molecule has 0 aliphatic rings. The maximum absolute atomic E-state index is 12.1. The number of esters is 2. The summed E-state index contributed by atoms with van der Waals surface area (Å²) in [7, 11) is 0. The molecule has 0 unspecified atom stereocenters. The van der Waals surface area contributed by atoms with Crippen LogP contribution in [0, 0.1) is 6.92 Å². The van der Waals surface area contributed by atoms with Crippen LogP contribution in [0.2, 0.25) is 0 Å². The molecule has 114 valence electrons. The highest BCUT2D eigenvalue weighted by molar-refractivity contribution is 5.93. The fourth-order valence-corrected chi connectivity index (χ4v) is 1.83. The number of aryl methyl sites for hydroxylation is 1. The summed E-state index contributed by atoms with van der Waals surface area (Å²) in [6.45, 7) is 3.86. The zero-order chi connectivity index (χ0) is 16.1. The van der Waals surface area contributed by atoms with Gasteiger partial charge in [0.2, 0.25) is 0 Å². The smallest absolute Gasteiger partial charge is 0.343 e. The van der Waals surface area contributed by atoms with Crippen molar-refractivity contribution in [1.82, 2.24) is 0 Å². The molecule has 0 aliphatic heterocycles. The molecule has 2 N–H and O–H groups in total. The van der Waals surface area contributed by atoms with E-state index in [0.717, 1.165) is 5.56 Å². The Morgan fingerprint density at radius 1 is 1.05 bits per heavy atom. The van der Waals surface area contributed by atoms with Crippen molar-refractivity contribution in [2.24, 2.45) is 0 Å². The van der Waals surface area contributed by atoms with Gasteiger partial charge in [0.1, 0.15) is 5.75 Å². The number of rotatable bonds is 4. The molecule has 0 spiro atoms. The van der Waals surface area contributed by atoms with Gasteiger partial charge in [0.25, 0.3) is 0 Å². The molecule has 0 aromatic heterocycles. The van der Waals surface area contributed by atoms with Gasteiger partial charge in [0.15, 0.2) is 0 Å². The molecule has 0 heterocycles. The molecule has 5 heteroatoms. The molecular weight excluding hydrogens is 282 g/mol. The number of nitrogens with two attached hydrogens (primary N) is 1. The summed E-state index contributed by atoms with van der Waals surface area (Å²) < 4.78 is 10.2. The van der Waals surface area contributed by atoms with Crippen molar-refractivity contribution in [2.45, 2.75) is 13.8 Å². The van der Waals surface area contributed by atoms with Crippen LogP contribution in [0.4, 0.5) is 5.69 Å². The van der Waals surface area contributed by atoms with E-state index in [9.17, 15) is 9.59 Å². The van der Waals surface area contributed by atoms with Crippen molar-refractivity contribution in [2.75, 3.05) is 12.3 Å². The van der Waals surface area contributed by atoms with Gasteiger partial charge in [-0.05, 0) is 49.7 Å². The Morgan fingerprint density at radius 3 is 2.45 bits per heavy atom. The van der Waals surface area contributed by atoms with E-state index in [0.29, 0.717) is 16.8 Å². The van der Waals surface area contributed by atoms with E-state index in [2.05, 4.69) is 0 Å². The standard InChI is InChI=1S/C17H17NO4/c1-3-21-16(19)12-5-4-6-14(9-12)22-17(20)13-8-7-11(2)15(18)10-13/h4-10H,3,18H2,1-2H3. The first-order valence-corrected chi connectivity index (χ1v) is 6.86. The lowest BCUT2D eigenvalue weighted by atomic mass is 10.1. The second-order valence-corrected chi connectivity index (χ2v) is 4.71. The van der Waals surface area contributed by atoms with Crippen LogP contribution in [0.1, 0.15) is 33.2 Å². The van der Waals surface area contributed by atoms with Crippen molar-refractivity contribution in [1.29, 1.82) is 0 Å². The zero-order valence-electron chi connectivity index (χ0n) is 12.5. The van der Waals surface area contributed by atoms with Gasteiger partial charge >= 0.3 is 11.9 Å². The van der Waals surface area contributed by atoms with Crippen molar-refractivity contribution in [3.05, 3.63) is 59.2 Å². The van der Waals surface area contributed by atoms with Gasteiger partial charge in [-0.3, -0.25) is 0 Å². The van der Waals surface area contributed by atoms with Crippen molar-refractivity contribution >= 4 is 17.6 Å². The van der Waals surface area contributed by atoms with Crippen molar-refractivity contribution in [3.63, 3.8) is 0 Å². The molecule has 0 saturated carbocycles. The number of ether oxygens (including phenoxy) is 2. The first-order valence-electron chi connectivity index (χ1n) is 6.86. The number of hydrogen-bond donors (Lipinski definition) is 1. The predicted octanol–water partition coefficient (Wildman–Crippen LogP) is 2.97. The average molecular weight is 299 g/mol. The van der Waals surface area contributed by atoms with Gasteiger partial charge in [0, 0.05) is 5.69 Å². The summed E-state index contributed by atoms with van der Waals surface area (Å²) >= 11 is 0. The first kappa shape index (κ1) is 15.6. The monoisotopic (exact) mass is 299 g/mol. The highest BCUT2D eigenvalue weighted by Gasteiger charge is 2.12.